The zero-order chi connectivity index (χ0) is 15.2. The van der Waals surface area contributed by atoms with E-state index in [0.717, 1.165) is 11.1 Å². The summed E-state index contributed by atoms with van der Waals surface area (Å²) in [6.45, 7) is 2.41. The van der Waals surface area contributed by atoms with Gasteiger partial charge in [-0.05, 0) is 54.1 Å². The summed E-state index contributed by atoms with van der Waals surface area (Å²) in [4.78, 5) is 10.2. The van der Waals surface area contributed by atoms with Gasteiger partial charge in [-0.3, -0.25) is 10.1 Å². The molecule has 0 spiro atoms. The summed E-state index contributed by atoms with van der Waals surface area (Å²) in [5.74, 6) is 0.665. The van der Waals surface area contributed by atoms with Crippen LogP contribution >= 0.6 is 7.15 Å². The van der Waals surface area contributed by atoms with E-state index in [2.05, 4.69) is 0 Å². The van der Waals surface area contributed by atoms with Gasteiger partial charge in [-0.1, -0.05) is 12.1 Å². The van der Waals surface area contributed by atoms with E-state index in [1.165, 1.54) is 12.1 Å². The zero-order valence-electron chi connectivity index (χ0n) is 11.3. The predicted octanol–water partition coefficient (Wildman–Crippen LogP) is 4.18. The fourth-order valence-electron chi connectivity index (χ4n) is 1.73. The lowest BCUT2D eigenvalue weighted by Gasteiger charge is -2.08. The molecule has 0 radical (unpaired) electrons. The van der Waals surface area contributed by atoms with E-state index in [1.54, 1.807) is 12.1 Å². The average Bonchev–Trinajstić information content (AvgIpc) is 2.48. The van der Waals surface area contributed by atoms with E-state index in [0.29, 0.717) is 12.4 Å². The highest BCUT2D eigenvalue weighted by atomic mass is 32.4. The first-order chi connectivity index (χ1) is 10.1. The molecule has 1 atom stereocenters. The molecule has 2 aromatic rings. The Bertz CT molecular complexity index is 643. The van der Waals surface area contributed by atoms with Gasteiger partial charge in [0.15, 0.2) is 0 Å². The van der Waals surface area contributed by atoms with E-state index >= 15 is 0 Å². The molecule has 0 amide bonds. The predicted molar refractivity (Wildman–Crippen MR) is 86.5 cm³/mol. The van der Waals surface area contributed by atoms with Crippen LogP contribution in [-0.2, 0) is 16.3 Å². The molecule has 0 saturated heterocycles. The topological polar surface area (TPSA) is 61.6 Å². The van der Waals surface area contributed by atoms with Gasteiger partial charge in [0.25, 0.3) is 5.69 Å². The number of hydrogen-bond donors (Lipinski definition) is 0. The zero-order valence-corrected chi connectivity index (χ0v) is 13.1. The molecule has 0 saturated carbocycles. The standard InChI is InChI=1S/C14H14NO4PS/c1-2-18-20(21)19-14-9-5-12(6-10-14)11-3-7-13(8-4-11)15(16)17/h3-10,20H,2H2,1H3. The molecule has 0 aliphatic heterocycles. The first-order valence-electron chi connectivity index (χ1n) is 6.29. The molecule has 0 aliphatic rings. The normalized spacial score (nSPS) is 11.9. The van der Waals surface area contributed by atoms with Crippen LogP contribution in [0.1, 0.15) is 6.92 Å². The van der Waals surface area contributed by atoms with Crippen LogP contribution in [0.5, 0.6) is 5.75 Å². The fraction of sp³-hybridized carbons (Fsp3) is 0.143. The van der Waals surface area contributed by atoms with Crippen molar-refractivity contribution in [2.45, 2.75) is 6.92 Å². The molecule has 5 nitrogen and oxygen atoms in total. The average molecular weight is 323 g/mol. The molecule has 0 bridgehead atoms. The molecule has 0 aromatic heterocycles. The van der Waals surface area contributed by atoms with Gasteiger partial charge in [0.05, 0.1) is 11.5 Å². The molecular formula is C14H14NO4PS. The number of nitro benzene ring substituents is 1. The highest BCUT2D eigenvalue weighted by Gasteiger charge is 2.05. The number of hydrogen-bond acceptors (Lipinski definition) is 5. The molecular weight excluding hydrogens is 309 g/mol. The third-order valence-electron chi connectivity index (χ3n) is 2.73. The molecule has 7 heteroatoms. The van der Waals surface area contributed by atoms with Gasteiger partial charge in [-0.25, -0.2) is 0 Å². The molecule has 0 N–H and O–H groups in total. The van der Waals surface area contributed by atoms with Crippen molar-refractivity contribution in [3.8, 4) is 16.9 Å². The van der Waals surface area contributed by atoms with Crippen LogP contribution < -0.4 is 4.52 Å². The maximum absolute atomic E-state index is 10.6. The first-order valence-corrected chi connectivity index (χ1v) is 8.74. The summed E-state index contributed by atoms with van der Waals surface area (Å²) in [5, 5.41) is 10.6. The third kappa shape index (κ3) is 4.36. The smallest absolute Gasteiger partial charge is 0.269 e. The molecule has 1 unspecified atom stereocenters. The fourth-order valence-corrected chi connectivity index (χ4v) is 3.00. The lowest BCUT2D eigenvalue weighted by molar-refractivity contribution is -0.384. The van der Waals surface area contributed by atoms with Crippen molar-refractivity contribution in [2.75, 3.05) is 6.61 Å². The van der Waals surface area contributed by atoms with Gasteiger partial charge < -0.3 is 9.05 Å². The van der Waals surface area contributed by atoms with E-state index in [1.807, 2.05) is 31.2 Å². The van der Waals surface area contributed by atoms with E-state index in [9.17, 15) is 10.1 Å². The van der Waals surface area contributed by atoms with E-state index in [4.69, 9.17) is 20.9 Å². The number of nitro groups is 1. The molecule has 0 fully saturated rings. The largest absolute Gasteiger partial charge is 0.446 e. The second kappa shape index (κ2) is 7.31. The minimum atomic E-state index is -1.68. The van der Waals surface area contributed by atoms with Gasteiger partial charge >= 0.3 is 0 Å². The Morgan fingerprint density at radius 3 is 2.10 bits per heavy atom. The summed E-state index contributed by atoms with van der Waals surface area (Å²) in [5.41, 5.74) is 1.93. The van der Waals surface area contributed by atoms with Crippen molar-refractivity contribution in [2.24, 2.45) is 0 Å². The van der Waals surface area contributed by atoms with Crippen LogP contribution in [0.3, 0.4) is 0 Å². The van der Waals surface area contributed by atoms with Crippen LogP contribution in [0.4, 0.5) is 5.69 Å². The van der Waals surface area contributed by atoms with Crippen LogP contribution in [-0.4, -0.2) is 11.5 Å². The molecule has 2 rings (SSSR count). The van der Waals surface area contributed by atoms with Crippen molar-refractivity contribution in [1.82, 2.24) is 0 Å². The van der Waals surface area contributed by atoms with Crippen LogP contribution in [0, 0.1) is 10.1 Å². The molecule has 0 heterocycles. The number of nitrogens with zero attached hydrogens (tertiary/aromatic N) is 1. The molecule has 0 aliphatic carbocycles. The third-order valence-corrected chi connectivity index (χ3v) is 4.26. The maximum Gasteiger partial charge on any atom is 0.269 e. The number of rotatable bonds is 6. The van der Waals surface area contributed by atoms with Crippen molar-refractivity contribution in [1.29, 1.82) is 0 Å². The van der Waals surface area contributed by atoms with Gasteiger partial charge in [0, 0.05) is 12.1 Å². The second-order valence-electron chi connectivity index (χ2n) is 4.11. The molecule has 21 heavy (non-hydrogen) atoms. The minimum Gasteiger partial charge on any atom is -0.446 e. The Balaban J connectivity index is 2.11. The first kappa shape index (κ1) is 15.6. The van der Waals surface area contributed by atoms with Gasteiger partial charge in [0.2, 0.25) is 7.15 Å². The monoisotopic (exact) mass is 323 g/mol. The summed E-state index contributed by atoms with van der Waals surface area (Å²) >= 11 is 5.08. The molecule has 110 valence electrons. The summed E-state index contributed by atoms with van der Waals surface area (Å²) in [6.07, 6.45) is 0. The van der Waals surface area contributed by atoms with Crippen molar-refractivity contribution < 1.29 is 14.0 Å². The lowest BCUT2D eigenvalue weighted by atomic mass is 10.1. The van der Waals surface area contributed by atoms with Crippen LogP contribution in [0.15, 0.2) is 48.5 Å². The van der Waals surface area contributed by atoms with Crippen molar-refractivity contribution in [3.05, 3.63) is 58.6 Å². The lowest BCUT2D eigenvalue weighted by Crippen LogP contribution is -1.88. The number of benzene rings is 2. The highest BCUT2D eigenvalue weighted by Crippen LogP contribution is 2.30. The number of non-ortho nitro benzene ring substituents is 1. The maximum atomic E-state index is 10.6. The second-order valence-corrected chi connectivity index (χ2v) is 6.11. The summed E-state index contributed by atoms with van der Waals surface area (Å²) in [7, 11) is -1.68. The van der Waals surface area contributed by atoms with Crippen LogP contribution in [0.2, 0.25) is 0 Å². The highest BCUT2D eigenvalue weighted by molar-refractivity contribution is 8.00. The van der Waals surface area contributed by atoms with E-state index in [-0.39, 0.29) is 5.69 Å². The Kier molecular flexibility index (Phi) is 5.44. The SMILES string of the molecule is CCO[PH](=S)Oc1ccc(-c2ccc([N+](=O)[O-])cc2)cc1. The summed E-state index contributed by atoms with van der Waals surface area (Å²) < 4.78 is 10.7. The Labute approximate surface area is 128 Å². The quantitative estimate of drug-likeness (QED) is 0.453. The van der Waals surface area contributed by atoms with Crippen molar-refractivity contribution >= 4 is 24.6 Å². The summed E-state index contributed by atoms with van der Waals surface area (Å²) in [6, 6.07) is 13.8. The minimum absolute atomic E-state index is 0.0776. The van der Waals surface area contributed by atoms with E-state index < -0.39 is 12.1 Å². The van der Waals surface area contributed by atoms with Gasteiger partial charge in [-0.15, -0.1) is 0 Å². The Hall–Kier alpha value is -1.75. The Morgan fingerprint density at radius 2 is 1.62 bits per heavy atom. The van der Waals surface area contributed by atoms with Crippen LogP contribution in [0.25, 0.3) is 11.1 Å². The van der Waals surface area contributed by atoms with Gasteiger partial charge in [0.1, 0.15) is 5.75 Å². The molecule has 2 aromatic carbocycles. The van der Waals surface area contributed by atoms with Crippen molar-refractivity contribution in [3.63, 3.8) is 0 Å². The van der Waals surface area contributed by atoms with Gasteiger partial charge in [-0.2, -0.15) is 0 Å². The Morgan fingerprint density at radius 1 is 1.10 bits per heavy atom.